The lowest BCUT2D eigenvalue weighted by Crippen LogP contribution is -2.35. The van der Waals surface area contributed by atoms with E-state index in [4.69, 9.17) is 0 Å². The molecule has 2 aromatic rings. The molecule has 0 spiro atoms. The molecule has 22 heavy (non-hydrogen) atoms. The van der Waals surface area contributed by atoms with Gasteiger partial charge in [0.1, 0.15) is 0 Å². The molecular formula is C19H18NO2-. The standard InChI is InChI=1S/C19H19NO2/c1-14(2)13-17(19(21)22)20-18(15-9-5-3-6-10-15)16-11-7-4-8-12-16/h3-12,17H,1,13H2,2H3,(H,21,22)/p-1. The number of carboxylic acids is 1. The summed E-state index contributed by atoms with van der Waals surface area (Å²) in [6.45, 7) is 5.56. The minimum absolute atomic E-state index is 0.269. The second-order valence-electron chi connectivity index (χ2n) is 5.21. The highest BCUT2D eigenvalue weighted by atomic mass is 16.4. The largest absolute Gasteiger partial charge is 0.548 e. The third-order valence-electron chi connectivity index (χ3n) is 3.19. The molecule has 0 heterocycles. The molecule has 0 aliphatic rings. The zero-order valence-corrected chi connectivity index (χ0v) is 12.5. The number of aliphatic imine (C=N–C) groups is 1. The van der Waals surface area contributed by atoms with Gasteiger partial charge in [0.05, 0.1) is 17.7 Å². The van der Waals surface area contributed by atoms with Gasteiger partial charge in [0, 0.05) is 11.1 Å². The van der Waals surface area contributed by atoms with Crippen LogP contribution in [0, 0.1) is 0 Å². The van der Waals surface area contributed by atoms with Gasteiger partial charge in [-0.15, -0.1) is 6.58 Å². The van der Waals surface area contributed by atoms with E-state index in [0.717, 1.165) is 16.7 Å². The molecule has 2 aromatic carbocycles. The summed E-state index contributed by atoms with van der Waals surface area (Å²) in [6, 6.07) is 18.2. The van der Waals surface area contributed by atoms with Crippen molar-refractivity contribution in [3.05, 3.63) is 83.9 Å². The number of rotatable bonds is 6. The van der Waals surface area contributed by atoms with E-state index in [1.54, 1.807) is 6.92 Å². The van der Waals surface area contributed by atoms with Crippen molar-refractivity contribution in [2.75, 3.05) is 0 Å². The van der Waals surface area contributed by atoms with Crippen molar-refractivity contribution in [1.29, 1.82) is 0 Å². The molecule has 3 nitrogen and oxygen atoms in total. The van der Waals surface area contributed by atoms with Crippen LogP contribution in [0.3, 0.4) is 0 Å². The number of hydrogen-bond donors (Lipinski definition) is 0. The first-order valence-electron chi connectivity index (χ1n) is 7.12. The lowest BCUT2D eigenvalue weighted by molar-refractivity contribution is -0.307. The third-order valence-corrected chi connectivity index (χ3v) is 3.19. The first kappa shape index (κ1) is 15.7. The predicted octanol–water partition coefficient (Wildman–Crippen LogP) is 2.61. The zero-order valence-electron chi connectivity index (χ0n) is 12.5. The van der Waals surface area contributed by atoms with Gasteiger partial charge >= 0.3 is 0 Å². The lowest BCUT2D eigenvalue weighted by atomic mass is 10.0. The molecule has 3 heteroatoms. The first-order chi connectivity index (χ1) is 10.6. The summed E-state index contributed by atoms with van der Waals surface area (Å²) in [5, 5.41) is 11.4. The molecule has 1 atom stereocenters. The van der Waals surface area contributed by atoms with Crippen molar-refractivity contribution in [2.45, 2.75) is 19.4 Å². The lowest BCUT2D eigenvalue weighted by Gasteiger charge is -2.17. The fourth-order valence-electron chi connectivity index (χ4n) is 2.18. The molecule has 0 fully saturated rings. The van der Waals surface area contributed by atoms with Gasteiger partial charge in [-0.3, -0.25) is 4.99 Å². The van der Waals surface area contributed by atoms with E-state index < -0.39 is 12.0 Å². The molecule has 1 unspecified atom stereocenters. The molecule has 0 aliphatic heterocycles. The first-order valence-corrected chi connectivity index (χ1v) is 7.12. The Morgan fingerprint density at radius 3 is 1.86 bits per heavy atom. The molecule has 112 valence electrons. The van der Waals surface area contributed by atoms with E-state index in [1.807, 2.05) is 60.7 Å². The van der Waals surface area contributed by atoms with Gasteiger partial charge in [0.15, 0.2) is 0 Å². The average molecular weight is 292 g/mol. The Morgan fingerprint density at radius 2 is 1.50 bits per heavy atom. The van der Waals surface area contributed by atoms with E-state index in [1.165, 1.54) is 0 Å². The SMILES string of the molecule is C=C(C)CC(N=C(c1ccccc1)c1ccccc1)C(=O)[O-]. The molecule has 0 saturated heterocycles. The molecule has 2 rings (SSSR count). The fourth-order valence-corrected chi connectivity index (χ4v) is 2.18. The average Bonchev–Trinajstić information content (AvgIpc) is 2.52. The Labute approximate surface area is 130 Å². The summed E-state index contributed by atoms with van der Waals surface area (Å²) in [6.07, 6.45) is 0.269. The molecule has 0 aliphatic carbocycles. The van der Waals surface area contributed by atoms with Crippen molar-refractivity contribution >= 4 is 11.7 Å². The Balaban J connectivity index is 2.50. The highest BCUT2D eigenvalue weighted by Crippen LogP contribution is 2.14. The van der Waals surface area contributed by atoms with Crippen LogP contribution in [0.15, 0.2) is 77.8 Å². The van der Waals surface area contributed by atoms with Gasteiger partial charge in [0.25, 0.3) is 0 Å². The van der Waals surface area contributed by atoms with E-state index >= 15 is 0 Å². The molecule has 0 saturated carbocycles. The molecule has 0 aromatic heterocycles. The number of nitrogens with zero attached hydrogens (tertiary/aromatic N) is 1. The molecule has 0 bridgehead atoms. The van der Waals surface area contributed by atoms with Crippen LogP contribution in [0.25, 0.3) is 0 Å². The van der Waals surface area contributed by atoms with Crippen LogP contribution in [-0.2, 0) is 4.79 Å². The summed E-state index contributed by atoms with van der Waals surface area (Å²) in [5.74, 6) is -1.19. The van der Waals surface area contributed by atoms with Crippen molar-refractivity contribution in [1.82, 2.24) is 0 Å². The second-order valence-corrected chi connectivity index (χ2v) is 5.21. The highest BCUT2D eigenvalue weighted by molar-refractivity contribution is 6.13. The summed E-state index contributed by atoms with van der Waals surface area (Å²) in [4.78, 5) is 15.8. The Bertz CT molecular complexity index is 634. The van der Waals surface area contributed by atoms with Crippen molar-refractivity contribution < 1.29 is 9.90 Å². The maximum atomic E-state index is 11.4. The number of carbonyl (C=O) groups excluding carboxylic acids is 1. The Morgan fingerprint density at radius 1 is 1.05 bits per heavy atom. The monoisotopic (exact) mass is 292 g/mol. The Hall–Kier alpha value is -2.68. The quantitative estimate of drug-likeness (QED) is 0.607. The van der Waals surface area contributed by atoms with Gasteiger partial charge in [-0.25, -0.2) is 0 Å². The van der Waals surface area contributed by atoms with Gasteiger partial charge in [-0.2, -0.15) is 0 Å². The molecule has 0 N–H and O–H groups in total. The Kier molecular flexibility index (Phi) is 5.26. The summed E-state index contributed by atoms with van der Waals surface area (Å²) < 4.78 is 0. The number of benzene rings is 2. The van der Waals surface area contributed by atoms with E-state index in [2.05, 4.69) is 11.6 Å². The van der Waals surface area contributed by atoms with Crippen LogP contribution in [-0.4, -0.2) is 17.7 Å². The summed E-state index contributed by atoms with van der Waals surface area (Å²) in [7, 11) is 0. The second kappa shape index (κ2) is 7.36. The normalized spacial score (nSPS) is 11.5. The highest BCUT2D eigenvalue weighted by Gasteiger charge is 2.13. The minimum Gasteiger partial charge on any atom is -0.548 e. The van der Waals surface area contributed by atoms with Gasteiger partial charge in [-0.1, -0.05) is 66.2 Å². The van der Waals surface area contributed by atoms with E-state index in [9.17, 15) is 9.90 Å². The maximum Gasteiger partial charge on any atom is 0.0937 e. The maximum absolute atomic E-state index is 11.4. The fraction of sp³-hybridized carbons (Fsp3) is 0.158. The summed E-state index contributed by atoms with van der Waals surface area (Å²) >= 11 is 0. The van der Waals surface area contributed by atoms with Crippen LogP contribution in [0.2, 0.25) is 0 Å². The minimum atomic E-state index is -1.19. The van der Waals surface area contributed by atoms with Crippen molar-refractivity contribution in [2.24, 2.45) is 4.99 Å². The van der Waals surface area contributed by atoms with Crippen LogP contribution in [0.5, 0.6) is 0 Å². The number of carbonyl (C=O) groups is 1. The van der Waals surface area contributed by atoms with Crippen LogP contribution in [0.4, 0.5) is 0 Å². The zero-order chi connectivity index (χ0) is 15.9. The van der Waals surface area contributed by atoms with Crippen molar-refractivity contribution in [3.8, 4) is 0 Å². The van der Waals surface area contributed by atoms with Crippen molar-refractivity contribution in [3.63, 3.8) is 0 Å². The molecular weight excluding hydrogens is 274 g/mol. The smallest absolute Gasteiger partial charge is 0.0937 e. The van der Waals surface area contributed by atoms with Crippen LogP contribution < -0.4 is 5.11 Å². The molecule has 0 radical (unpaired) electrons. The van der Waals surface area contributed by atoms with Gasteiger partial charge < -0.3 is 9.90 Å². The van der Waals surface area contributed by atoms with Gasteiger partial charge in [0.2, 0.25) is 0 Å². The van der Waals surface area contributed by atoms with Crippen LogP contribution >= 0.6 is 0 Å². The topological polar surface area (TPSA) is 52.5 Å². The van der Waals surface area contributed by atoms with E-state index in [-0.39, 0.29) is 6.42 Å². The third kappa shape index (κ3) is 4.16. The number of hydrogen-bond acceptors (Lipinski definition) is 3. The van der Waals surface area contributed by atoms with Crippen LogP contribution in [0.1, 0.15) is 24.5 Å². The molecule has 0 amide bonds. The number of carboxylic acid groups (broad SMARTS) is 1. The predicted molar refractivity (Wildman–Crippen MR) is 86.7 cm³/mol. The van der Waals surface area contributed by atoms with E-state index in [0.29, 0.717) is 5.71 Å². The summed E-state index contributed by atoms with van der Waals surface area (Å²) in [5.41, 5.74) is 3.17. The number of aliphatic carboxylic acids is 1. The van der Waals surface area contributed by atoms with Gasteiger partial charge in [-0.05, 0) is 13.3 Å².